The van der Waals surface area contributed by atoms with Gasteiger partial charge in [-0.3, -0.25) is 0 Å². The summed E-state index contributed by atoms with van der Waals surface area (Å²) in [5.74, 6) is 0. The van der Waals surface area contributed by atoms with Crippen LogP contribution in [0.15, 0.2) is 24.3 Å². The number of sulfonamides is 1. The summed E-state index contributed by atoms with van der Waals surface area (Å²) in [6, 6.07) is 7.96. The first kappa shape index (κ1) is 14.2. The van der Waals surface area contributed by atoms with E-state index in [2.05, 4.69) is 4.72 Å². The van der Waals surface area contributed by atoms with Crippen molar-refractivity contribution in [3.8, 4) is 0 Å². The molecule has 0 bridgehead atoms. The molecule has 0 radical (unpaired) electrons. The average Bonchev–Trinajstić information content (AvgIpc) is 2.20. The predicted molar refractivity (Wildman–Crippen MR) is 71.5 cm³/mol. The van der Waals surface area contributed by atoms with Gasteiger partial charge in [0.1, 0.15) is 0 Å². The summed E-state index contributed by atoms with van der Waals surface area (Å²) in [6.45, 7) is 7.30. The van der Waals surface area contributed by atoms with Gasteiger partial charge in [0.25, 0.3) is 0 Å². The molecule has 0 aliphatic rings. The van der Waals surface area contributed by atoms with Crippen LogP contribution in [0.1, 0.15) is 31.9 Å². The molecule has 1 aromatic carbocycles. The minimum atomic E-state index is -3.18. The highest BCUT2D eigenvalue weighted by molar-refractivity contribution is 7.90. The fraction of sp³-hybridized carbons (Fsp3) is 0.538. The summed E-state index contributed by atoms with van der Waals surface area (Å²) in [5, 5.41) is -0.387. The van der Waals surface area contributed by atoms with Crippen LogP contribution in [0, 0.1) is 6.92 Å². The normalized spacial score (nSPS) is 13.9. The van der Waals surface area contributed by atoms with E-state index < -0.39 is 10.0 Å². The van der Waals surface area contributed by atoms with Crippen LogP contribution in [0.3, 0.4) is 0 Å². The molecule has 0 fully saturated rings. The van der Waals surface area contributed by atoms with Crippen LogP contribution in [0.25, 0.3) is 0 Å². The summed E-state index contributed by atoms with van der Waals surface area (Å²) >= 11 is 0. The summed E-state index contributed by atoms with van der Waals surface area (Å²) < 4.78 is 26.1. The molecule has 0 saturated carbocycles. The quantitative estimate of drug-likeness (QED) is 0.877. The van der Waals surface area contributed by atoms with Gasteiger partial charge >= 0.3 is 0 Å². The second kappa shape index (κ2) is 5.65. The molecule has 1 N–H and O–H groups in total. The van der Waals surface area contributed by atoms with Gasteiger partial charge in [0.2, 0.25) is 10.0 Å². The third-order valence-electron chi connectivity index (χ3n) is 2.77. The van der Waals surface area contributed by atoms with Crippen molar-refractivity contribution >= 4 is 10.0 Å². The number of aryl methyl sites for hydroxylation is 1. The molecular weight excluding hydrogens is 234 g/mol. The Morgan fingerprint density at radius 3 is 2.29 bits per heavy atom. The largest absolute Gasteiger partial charge is 0.214 e. The lowest BCUT2D eigenvalue weighted by Gasteiger charge is -2.17. The maximum absolute atomic E-state index is 11.7. The van der Waals surface area contributed by atoms with Crippen LogP contribution < -0.4 is 4.72 Å². The maximum atomic E-state index is 11.7. The van der Waals surface area contributed by atoms with Gasteiger partial charge < -0.3 is 0 Å². The molecule has 0 aromatic heterocycles. The summed E-state index contributed by atoms with van der Waals surface area (Å²) in [6.07, 6.45) is 0.721. The van der Waals surface area contributed by atoms with Crippen molar-refractivity contribution in [3.05, 3.63) is 35.4 Å². The predicted octanol–water partition coefficient (Wildman–Crippen LogP) is 2.25. The Bertz CT molecular complexity index is 466. The molecule has 1 atom stereocenters. The van der Waals surface area contributed by atoms with Crippen molar-refractivity contribution in [1.29, 1.82) is 0 Å². The molecule has 96 valence electrons. The van der Waals surface area contributed by atoms with Gasteiger partial charge in [-0.15, -0.1) is 0 Å². The lowest BCUT2D eigenvalue weighted by atomic mass is 10.0. The Hall–Kier alpha value is -0.870. The Labute approximate surface area is 104 Å². The van der Waals surface area contributed by atoms with Crippen LogP contribution in [-0.4, -0.2) is 19.7 Å². The monoisotopic (exact) mass is 255 g/mol. The smallest absolute Gasteiger partial charge is 0.212 e. The van der Waals surface area contributed by atoms with E-state index >= 15 is 0 Å². The van der Waals surface area contributed by atoms with E-state index in [9.17, 15) is 8.42 Å². The lowest BCUT2D eigenvalue weighted by Crippen LogP contribution is -2.38. The van der Waals surface area contributed by atoms with E-state index in [1.807, 2.05) is 38.1 Å². The number of benzene rings is 1. The highest BCUT2D eigenvalue weighted by atomic mass is 32.2. The van der Waals surface area contributed by atoms with E-state index in [1.165, 1.54) is 11.1 Å². The van der Waals surface area contributed by atoms with Crippen LogP contribution in [0.4, 0.5) is 0 Å². The molecule has 0 amide bonds. The SMILES string of the molecule is Cc1ccccc1CC(C)NS(=O)(=O)C(C)C. The van der Waals surface area contributed by atoms with E-state index in [4.69, 9.17) is 0 Å². The van der Waals surface area contributed by atoms with Crippen LogP contribution in [-0.2, 0) is 16.4 Å². The van der Waals surface area contributed by atoms with Crippen molar-refractivity contribution in [1.82, 2.24) is 4.72 Å². The van der Waals surface area contributed by atoms with E-state index in [0.717, 1.165) is 6.42 Å². The first-order valence-electron chi connectivity index (χ1n) is 5.88. The minimum absolute atomic E-state index is 0.0801. The minimum Gasteiger partial charge on any atom is -0.212 e. The molecule has 0 spiro atoms. The fourth-order valence-corrected chi connectivity index (χ4v) is 2.54. The average molecular weight is 255 g/mol. The van der Waals surface area contributed by atoms with Crippen molar-refractivity contribution in [2.45, 2.75) is 45.4 Å². The Morgan fingerprint density at radius 2 is 1.76 bits per heavy atom. The molecule has 0 aliphatic carbocycles. The molecule has 1 rings (SSSR count). The van der Waals surface area contributed by atoms with E-state index in [1.54, 1.807) is 13.8 Å². The number of hydrogen-bond donors (Lipinski definition) is 1. The number of rotatable bonds is 5. The highest BCUT2D eigenvalue weighted by Gasteiger charge is 2.18. The van der Waals surface area contributed by atoms with Crippen molar-refractivity contribution in [2.24, 2.45) is 0 Å². The van der Waals surface area contributed by atoms with Gasteiger partial charge in [0.05, 0.1) is 5.25 Å². The first-order valence-corrected chi connectivity index (χ1v) is 7.43. The summed E-state index contributed by atoms with van der Waals surface area (Å²) in [7, 11) is -3.18. The second-order valence-electron chi connectivity index (χ2n) is 4.74. The summed E-state index contributed by atoms with van der Waals surface area (Å²) in [4.78, 5) is 0. The van der Waals surface area contributed by atoms with Crippen molar-refractivity contribution in [3.63, 3.8) is 0 Å². The molecular formula is C13H21NO2S. The molecule has 0 aliphatic heterocycles. The zero-order valence-electron chi connectivity index (χ0n) is 10.9. The first-order chi connectivity index (χ1) is 7.83. The van der Waals surface area contributed by atoms with Crippen LogP contribution >= 0.6 is 0 Å². The van der Waals surface area contributed by atoms with Crippen LogP contribution in [0.5, 0.6) is 0 Å². The van der Waals surface area contributed by atoms with Gasteiger partial charge in [-0.25, -0.2) is 13.1 Å². The fourth-order valence-electron chi connectivity index (χ4n) is 1.63. The molecule has 1 unspecified atom stereocenters. The van der Waals surface area contributed by atoms with Gasteiger partial charge in [-0.2, -0.15) is 0 Å². The lowest BCUT2D eigenvalue weighted by molar-refractivity contribution is 0.551. The second-order valence-corrected chi connectivity index (χ2v) is 7.01. The van der Waals surface area contributed by atoms with E-state index in [-0.39, 0.29) is 11.3 Å². The molecule has 1 aromatic rings. The van der Waals surface area contributed by atoms with Gasteiger partial charge in [-0.1, -0.05) is 24.3 Å². The Balaban J connectivity index is 2.69. The third kappa shape index (κ3) is 4.13. The van der Waals surface area contributed by atoms with Crippen molar-refractivity contribution in [2.75, 3.05) is 0 Å². The van der Waals surface area contributed by atoms with Crippen LogP contribution in [0.2, 0.25) is 0 Å². The number of hydrogen-bond acceptors (Lipinski definition) is 2. The molecule has 3 nitrogen and oxygen atoms in total. The molecule has 4 heteroatoms. The van der Waals surface area contributed by atoms with Crippen molar-refractivity contribution < 1.29 is 8.42 Å². The standard InChI is InChI=1S/C13H21NO2S/c1-10(2)17(15,16)14-12(4)9-13-8-6-5-7-11(13)3/h5-8,10,12,14H,9H2,1-4H3. The molecule has 17 heavy (non-hydrogen) atoms. The topological polar surface area (TPSA) is 46.2 Å². The third-order valence-corrected chi connectivity index (χ3v) is 4.75. The zero-order valence-corrected chi connectivity index (χ0v) is 11.7. The Kier molecular flexibility index (Phi) is 4.71. The van der Waals surface area contributed by atoms with Gasteiger partial charge in [0, 0.05) is 6.04 Å². The maximum Gasteiger partial charge on any atom is 0.214 e. The van der Waals surface area contributed by atoms with Gasteiger partial charge in [-0.05, 0) is 45.2 Å². The molecule has 0 saturated heterocycles. The molecule has 0 heterocycles. The highest BCUT2D eigenvalue weighted by Crippen LogP contribution is 2.10. The zero-order chi connectivity index (χ0) is 13.1. The van der Waals surface area contributed by atoms with Gasteiger partial charge in [0.15, 0.2) is 0 Å². The Morgan fingerprint density at radius 1 is 1.18 bits per heavy atom. The summed E-state index contributed by atoms with van der Waals surface area (Å²) in [5.41, 5.74) is 2.38. The number of nitrogens with one attached hydrogen (secondary N) is 1. The van der Waals surface area contributed by atoms with E-state index in [0.29, 0.717) is 0 Å².